The number of fused-ring (bicyclic) bond motifs is 2. The zero-order chi connectivity index (χ0) is 18.4. The summed E-state index contributed by atoms with van der Waals surface area (Å²) in [7, 11) is 1.70. The predicted octanol–water partition coefficient (Wildman–Crippen LogP) is 2.85. The molecule has 2 heterocycles. The minimum absolute atomic E-state index is 0.155. The smallest absolute Gasteiger partial charge is 0.262 e. The van der Waals surface area contributed by atoms with Gasteiger partial charge in [-0.05, 0) is 36.8 Å². The van der Waals surface area contributed by atoms with E-state index in [1.54, 1.807) is 43.1 Å². The van der Waals surface area contributed by atoms with Crippen LogP contribution in [0.3, 0.4) is 0 Å². The Balaban J connectivity index is 1.92. The number of amides is 1. The maximum atomic E-state index is 13.6. The molecule has 0 saturated carbocycles. The molecule has 26 heavy (non-hydrogen) atoms. The van der Waals surface area contributed by atoms with Crippen molar-refractivity contribution < 1.29 is 9.18 Å². The van der Waals surface area contributed by atoms with Gasteiger partial charge in [0.05, 0.1) is 16.9 Å². The standard InChI is InChI=1S/C20H18FN3O2/c1-12-19(25)23(2)17(11-13-6-5-7-14(21)10-13)18-22-16-9-4-3-8-15(16)20(26)24(12)18/h3-10,12,17H,11H2,1-2H3/t12-,17+/m0/s1. The molecule has 5 nitrogen and oxygen atoms in total. The van der Waals surface area contributed by atoms with Crippen molar-refractivity contribution in [2.45, 2.75) is 25.4 Å². The van der Waals surface area contributed by atoms with Crippen LogP contribution in [0, 0.1) is 5.82 Å². The van der Waals surface area contributed by atoms with Crippen LogP contribution in [0.2, 0.25) is 0 Å². The second kappa shape index (κ2) is 6.05. The van der Waals surface area contributed by atoms with Gasteiger partial charge < -0.3 is 4.90 Å². The number of aromatic nitrogens is 2. The number of carbonyl (C=O) groups is 1. The number of nitrogens with zero attached hydrogens (tertiary/aromatic N) is 3. The fourth-order valence-electron chi connectivity index (χ4n) is 3.62. The molecule has 0 aliphatic carbocycles. The second-order valence-corrected chi connectivity index (χ2v) is 6.64. The topological polar surface area (TPSA) is 55.2 Å². The van der Waals surface area contributed by atoms with Gasteiger partial charge in [0, 0.05) is 13.5 Å². The van der Waals surface area contributed by atoms with Crippen molar-refractivity contribution in [2.75, 3.05) is 7.05 Å². The van der Waals surface area contributed by atoms with Crippen LogP contribution in [0.25, 0.3) is 10.9 Å². The summed E-state index contributed by atoms with van der Waals surface area (Å²) in [6.07, 6.45) is 0.386. The molecule has 6 heteroatoms. The van der Waals surface area contributed by atoms with E-state index >= 15 is 0 Å². The molecule has 0 spiro atoms. The first-order valence-electron chi connectivity index (χ1n) is 8.49. The maximum absolute atomic E-state index is 13.6. The molecule has 0 radical (unpaired) electrons. The second-order valence-electron chi connectivity index (χ2n) is 6.64. The van der Waals surface area contributed by atoms with Crippen molar-refractivity contribution in [3.05, 3.63) is 76.1 Å². The molecule has 1 amide bonds. The average Bonchev–Trinajstić information content (AvgIpc) is 2.63. The third-order valence-electron chi connectivity index (χ3n) is 5.01. The molecule has 4 rings (SSSR count). The van der Waals surface area contributed by atoms with Gasteiger partial charge in [-0.25, -0.2) is 9.37 Å². The first-order valence-corrected chi connectivity index (χ1v) is 8.49. The highest BCUT2D eigenvalue weighted by Crippen LogP contribution is 2.31. The molecular formula is C20H18FN3O2. The Hall–Kier alpha value is -3.02. The predicted molar refractivity (Wildman–Crippen MR) is 96.3 cm³/mol. The minimum Gasteiger partial charge on any atom is -0.333 e. The summed E-state index contributed by atoms with van der Waals surface area (Å²) < 4.78 is 15.1. The lowest BCUT2D eigenvalue weighted by Gasteiger charge is -2.37. The molecule has 0 unspecified atom stereocenters. The van der Waals surface area contributed by atoms with E-state index in [0.29, 0.717) is 23.1 Å². The fourth-order valence-corrected chi connectivity index (χ4v) is 3.62. The Bertz CT molecular complexity index is 1080. The first kappa shape index (κ1) is 16.4. The molecular weight excluding hydrogens is 333 g/mol. The van der Waals surface area contributed by atoms with Crippen molar-refractivity contribution in [1.82, 2.24) is 14.5 Å². The van der Waals surface area contributed by atoms with E-state index in [4.69, 9.17) is 0 Å². The third-order valence-corrected chi connectivity index (χ3v) is 5.01. The highest BCUT2D eigenvalue weighted by atomic mass is 19.1. The lowest BCUT2D eigenvalue weighted by atomic mass is 10.00. The minimum atomic E-state index is -0.622. The lowest BCUT2D eigenvalue weighted by Crippen LogP contribution is -2.48. The van der Waals surface area contributed by atoms with Gasteiger partial charge in [-0.1, -0.05) is 24.3 Å². The van der Waals surface area contributed by atoms with Gasteiger partial charge in [0.25, 0.3) is 5.56 Å². The van der Waals surface area contributed by atoms with Crippen molar-refractivity contribution in [2.24, 2.45) is 0 Å². The van der Waals surface area contributed by atoms with Crippen molar-refractivity contribution >= 4 is 16.8 Å². The van der Waals surface area contributed by atoms with Crippen molar-refractivity contribution in [3.63, 3.8) is 0 Å². The van der Waals surface area contributed by atoms with E-state index in [1.165, 1.54) is 16.7 Å². The number of halogens is 1. The molecule has 1 aliphatic rings. The zero-order valence-corrected chi connectivity index (χ0v) is 14.5. The SMILES string of the molecule is C[C@H]1C(=O)N(C)[C@H](Cc2cccc(F)c2)c2nc3ccccc3c(=O)n21. The highest BCUT2D eigenvalue weighted by molar-refractivity contribution is 5.83. The van der Waals surface area contributed by atoms with Gasteiger partial charge in [-0.3, -0.25) is 14.2 Å². The zero-order valence-electron chi connectivity index (χ0n) is 14.5. The fraction of sp³-hybridized carbons (Fsp3) is 0.250. The molecule has 2 aromatic carbocycles. The van der Waals surface area contributed by atoms with Gasteiger partial charge in [0.2, 0.25) is 5.91 Å². The van der Waals surface area contributed by atoms with Crippen LogP contribution in [-0.2, 0) is 11.2 Å². The molecule has 0 N–H and O–H groups in total. The summed E-state index contributed by atoms with van der Waals surface area (Å²) in [4.78, 5) is 32.0. The van der Waals surface area contributed by atoms with E-state index in [0.717, 1.165) is 5.56 Å². The monoisotopic (exact) mass is 351 g/mol. The number of rotatable bonds is 2. The van der Waals surface area contributed by atoms with Gasteiger partial charge in [0.1, 0.15) is 17.7 Å². The molecule has 1 aromatic heterocycles. The Labute approximate surface area is 149 Å². The number of benzene rings is 2. The number of carbonyl (C=O) groups excluding carboxylic acids is 1. The van der Waals surface area contributed by atoms with Crippen molar-refractivity contribution in [3.8, 4) is 0 Å². The van der Waals surface area contributed by atoms with Gasteiger partial charge >= 0.3 is 0 Å². The molecule has 132 valence electrons. The average molecular weight is 351 g/mol. The van der Waals surface area contributed by atoms with E-state index in [-0.39, 0.29) is 17.3 Å². The third kappa shape index (κ3) is 2.49. The van der Waals surface area contributed by atoms with Gasteiger partial charge in [0.15, 0.2) is 0 Å². The maximum Gasteiger partial charge on any atom is 0.262 e. The summed E-state index contributed by atoms with van der Waals surface area (Å²) in [5.74, 6) is 0.0511. The summed E-state index contributed by atoms with van der Waals surface area (Å²) in [5, 5.41) is 0.491. The van der Waals surface area contributed by atoms with E-state index in [2.05, 4.69) is 4.98 Å². The largest absolute Gasteiger partial charge is 0.333 e. The Kier molecular flexibility index (Phi) is 3.83. The van der Waals surface area contributed by atoms with E-state index in [9.17, 15) is 14.0 Å². The highest BCUT2D eigenvalue weighted by Gasteiger charge is 2.37. The molecule has 0 fully saturated rings. The van der Waals surface area contributed by atoms with Crippen LogP contribution in [-0.4, -0.2) is 27.4 Å². The first-order chi connectivity index (χ1) is 12.5. The van der Waals surface area contributed by atoms with E-state index < -0.39 is 12.1 Å². The summed E-state index contributed by atoms with van der Waals surface area (Å²) in [6, 6.07) is 12.3. The summed E-state index contributed by atoms with van der Waals surface area (Å²) in [6.45, 7) is 1.71. The normalized spacial score (nSPS) is 19.7. The molecule has 0 saturated heterocycles. The lowest BCUT2D eigenvalue weighted by molar-refractivity contribution is -0.137. The van der Waals surface area contributed by atoms with Crippen LogP contribution < -0.4 is 5.56 Å². The van der Waals surface area contributed by atoms with Crippen LogP contribution >= 0.6 is 0 Å². The molecule has 2 atom stereocenters. The Morgan fingerprint density at radius 1 is 1.12 bits per heavy atom. The van der Waals surface area contributed by atoms with Crippen LogP contribution in [0.5, 0.6) is 0 Å². The molecule has 3 aromatic rings. The van der Waals surface area contributed by atoms with E-state index in [1.807, 2.05) is 12.1 Å². The van der Waals surface area contributed by atoms with Crippen LogP contribution in [0.4, 0.5) is 4.39 Å². The quantitative estimate of drug-likeness (QED) is 0.713. The summed E-state index contributed by atoms with van der Waals surface area (Å²) in [5.41, 5.74) is 1.13. The number of hydrogen-bond donors (Lipinski definition) is 0. The molecule has 1 aliphatic heterocycles. The number of hydrogen-bond acceptors (Lipinski definition) is 3. The Morgan fingerprint density at radius 2 is 1.88 bits per heavy atom. The number of para-hydroxylation sites is 1. The van der Waals surface area contributed by atoms with Gasteiger partial charge in [-0.15, -0.1) is 0 Å². The number of likely N-dealkylation sites (N-methyl/N-ethyl adjacent to an activating group) is 1. The van der Waals surface area contributed by atoms with Crippen LogP contribution in [0.1, 0.15) is 30.4 Å². The van der Waals surface area contributed by atoms with Crippen LogP contribution in [0.15, 0.2) is 53.3 Å². The Morgan fingerprint density at radius 3 is 2.65 bits per heavy atom. The molecule has 0 bridgehead atoms. The van der Waals surface area contributed by atoms with Gasteiger partial charge in [-0.2, -0.15) is 0 Å². The summed E-state index contributed by atoms with van der Waals surface area (Å²) >= 11 is 0. The van der Waals surface area contributed by atoms with Crippen molar-refractivity contribution in [1.29, 1.82) is 0 Å².